The second-order valence-corrected chi connectivity index (χ2v) is 4.18. The first-order valence-electron chi connectivity index (χ1n) is 4.40. The summed E-state index contributed by atoms with van der Waals surface area (Å²) in [6, 6.07) is 2.07. The van der Waals surface area contributed by atoms with Crippen LogP contribution in [0.3, 0.4) is 0 Å². The van der Waals surface area contributed by atoms with Crippen LogP contribution in [0.1, 0.15) is 25.5 Å². The predicted molar refractivity (Wildman–Crippen MR) is 48.0 cm³/mol. The van der Waals surface area contributed by atoms with Gasteiger partial charge in [0.15, 0.2) is 0 Å². The number of hydrogen-bond acceptors (Lipinski definition) is 2. The summed E-state index contributed by atoms with van der Waals surface area (Å²) in [5.41, 5.74) is 1.61. The van der Waals surface area contributed by atoms with Crippen molar-refractivity contribution in [2.45, 2.75) is 19.8 Å². The van der Waals surface area contributed by atoms with Crippen molar-refractivity contribution in [2.24, 2.45) is 5.41 Å². The van der Waals surface area contributed by atoms with Crippen LogP contribution in [-0.2, 0) is 0 Å². The quantitative estimate of drug-likeness (QED) is 0.654. The number of rotatable bonds is 1. The molecule has 1 aromatic heterocycles. The Hall–Kier alpha value is -0.830. The number of nitrogens with zero attached hydrogens (tertiary/aromatic N) is 1. The Labute approximate surface area is 72.6 Å². The maximum atomic E-state index is 3.98. The summed E-state index contributed by atoms with van der Waals surface area (Å²) in [4.78, 5) is 0. The number of aromatic amines is 1. The van der Waals surface area contributed by atoms with Crippen molar-refractivity contribution in [3.8, 4) is 0 Å². The third-order valence-electron chi connectivity index (χ3n) is 2.77. The lowest BCUT2D eigenvalue weighted by atomic mass is 9.80. The minimum Gasteiger partial charge on any atom is -0.315 e. The number of aromatic nitrogens is 2. The van der Waals surface area contributed by atoms with Gasteiger partial charge < -0.3 is 5.32 Å². The van der Waals surface area contributed by atoms with E-state index in [1.807, 2.05) is 6.20 Å². The van der Waals surface area contributed by atoms with E-state index in [0.717, 1.165) is 13.1 Å². The molecule has 0 spiro atoms. The molecule has 3 nitrogen and oxygen atoms in total. The molecule has 0 bridgehead atoms. The summed E-state index contributed by atoms with van der Waals surface area (Å²) in [7, 11) is 0. The van der Waals surface area contributed by atoms with Crippen LogP contribution in [0.2, 0.25) is 0 Å². The maximum Gasteiger partial charge on any atom is 0.0490 e. The molecule has 66 valence electrons. The summed E-state index contributed by atoms with van der Waals surface area (Å²) in [6.45, 7) is 6.74. The number of hydrogen-bond donors (Lipinski definition) is 2. The van der Waals surface area contributed by atoms with Gasteiger partial charge in [-0.05, 0) is 11.5 Å². The Kier molecular flexibility index (Phi) is 1.68. The lowest BCUT2D eigenvalue weighted by Crippen LogP contribution is -2.20. The van der Waals surface area contributed by atoms with E-state index in [9.17, 15) is 0 Å². The van der Waals surface area contributed by atoms with Crippen molar-refractivity contribution in [3.63, 3.8) is 0 Å². The van der Waals surface area contributed by atoms with Crippen LogP contribution in [0, 0.1) is 5.41 Å². The third-order valence-corrected chi connectivity index (χ3v) is 2.77. The van der Waals surface area contributed by atoms with E-state index in [1.54, 1.807) is 0 Å². The van der Waals surface area contributed by atoms with Crippen LogP contribution in [0.4, 0.5) is 0 Å². The Bertz CT molecular complexity index is 251. The van der Waals surface area contributed by atoms with Gasteiger partial charge in [-0.25, -0.2) is 0 Å². The molecule has 0 aromatic carbocycles. The normalized spacial score (nSPS) is 27.7. The second-order valence-electron chi connectivity index (χ2n) is 4.18. The molecular weight excluding hydrogens is 150 g/mol. The molecule has 2 rings (SSSR count). The molecule has 1 aromatic rings. The zero-order chi connectivity index (χ0) is 8.60. The van der Waals surface area contributed by atoms with Gasteiger partial charge in [0.2, 0.25) is 0 Å². The Balaban J connectivity index is 2.25. The second kappa shape index (κ2) is 2.59. The molecule has 0 amide bonds. The molecule has 1 fully saturated rings. The van der Waals surface area contributed by atoms with Gasteiger partial charge in [0.25, 0.3) is 0 Å². The first-order valence-corrected chi connectivity index (χ1v) is 4.40. The molecule has 1 aliphatic rings. The van der Waals surface area contributed by atoms with Gasteiger partial charge in [-0.1, -0.05) is 13.8 Å². The Morgan fingerprint density at radius 1 is 1.58 bits per heavy atom. The van der Waals surface area contributed by atoms with Crippen LogP contribution in [-0.4, -0.2) is 23.3 Å². The van der Waals surface area contributed by atoms with E-state index in [4.69, 9.17) is 0 Å². The van der Waals surface area contributed by atoms with Gasteiger partial charge in [0.05, 0.1) is 0 Å². The van der Waals surface area contributed by atoms with Crippen molar-refractivity contribution in [1.29, 1.82) is 0 Å². The van der Waals surface area contributed by atoms with Gasteiger partial charge in [-0.2, -0.15) is 5.10 Å². The highest BCUT2D eigenvalue weighted by molar-refractivity contribution is 5.13. The lowest BCUT2D eigenvalue weighted by molar-refractivity contribution is 0.357. The Morgan fingerprint density at radius 2 is 2.42 bits per heavy atom. The van der Waals surface area contributed by atoms with E-state index in [-0.39, 0.29) is 0 Å². The van der Waals surface area contributed by atoms with Crippen molar-refractivity contribution in [2.75, 3.05) is 13.1 Å². The lowest BCUT2D eigenvalue weighted by Gasteiger charge is -2.24. The van der Waals surface area contributed by atoms with Crippen molar-refractivity contribution in [3.05, 3.63) is 18.0 Å². The average molecular weight is 165 g/mol. The molecule has 0 radical (unpaired) electrons. The van der Waals surface area contributed by atoms with Crippen LogP contribution in [0.5, 0.6) is 0 Å². The van der Waals surface area contributed by atoms with E-state index in [1.165, 1.54) is 5.69 Å². The summed E-state index contributed by atoms with van der Waals surface area (Å²) < 4.78 is 0. The topological polar surface area (TPSA) is 40.7 Å². The molecule has 1 saturated heterocycles. The molecule has 2 N–H and O–H groups in total. The molecule has 12 heavy (non-hydrogen) atoms. The summed E-state index contributed by atoms with van der Waals surface area (Å²) in [5.74, 6) is 0.583. The minimum atomic E-state index is 0.354. The van der Waals surface area contributed by atoms with E-state index < -0.39 is 0 Å². The summed E-state index contributed by atoms with van der Waals surface area (Å²) in [6.07, 6.45) is 1.82. The fourth-order valence-corrected chi connectivity index (χ4v) is 1.93. The molecular formula is C9H15N3. The van der Waals surface area contributed by atoms with E-state index >= 15 is 0 Å². The van der Waals surface area contributed by atoms with Gasteiger partial charge in [0.1, 0.15) is 0 Å². The fourth-order valence-electron chi connectivity index (χ4n) is 1.93. The van der Waals surface area contributed by atoms with Crippen molar-refractivity contribution in [1.82, 2.24) is 15.5 Å². The molecule has 0 aliphatic carbocycles. The highest BCUT2D eigenvalue weighted by Crippen LogP contribution is 2.36. The van der Waals surface area contributed by atoms with Crippen LogP contribution < -0.4 is 5.32 Å². The van der Waals surface area contributed by atoms with Gasteiger partial charge in [-0.3, -0.25) is 5.10 Å². The first kappa shape index (κ1) is 7.80. The van der Waals surface area contributed by atoms with E-state index in [0.29, 0.717) is 11.3 Å². The predicted octanol–water partition coefficient (Wildman–Crippen LogP) is 1.12. The molecule has 0 saturated carbocycles. The minimum absolute atomic E-state index is 0.354. The fraction of sp³-hybridized carbons (Fsp3) is 0.667. The molecule has 1 atom stereocenters. The highest BCUT2D eigenvalue weighted by atomic mass is 15.1. The van der Waals surface area contributed by atoms with Crippen LogP contribution in [0.15, 0.2) is 12.3 Å². The van der Waals surface area contributed by atoms with Crippen molar-refractivity contribution < 1.29 is 0 Å². The SMILES string of the molecule is CC1(C)CNCC1c1ccn[nH]1. The van der Waals surface area contributed by atoms with Gasteiger partial charge in [-0.15, -0.1) is 0 Å². The van der Waals surface area contributed by atoms with Crippen LogP contribution in [0.25, 0.3) is 0 Å². The first-order chi connectivity index (χ1) is 5.70. The van der Waals surface area contributed by atoms with Gasteiger partial charge >= 0.3 is 0 Å². The van der Waals surface area contributed by atoms with Crippen molar-refractivity contribution >= 4 is 0 Å². The zero-order valence-electron chi connectivity index (χ0n) is 7.59. The largest absolute Gasteiger partial charge is 0.315 e. The standard InChI is InChI=1S/C9H15N3/c1-9(2)6-10-5-7(9)8-3-4-11-12-8/h3-4,7,10H,5-6H2,1-2H3,(H,11,12). The number of H-pyrrole nitrogens is 1. The Morgan fingerprint density at radius 3 is 2.92 bits per heavy atom. The molecule has 1 unspecified atom stereocenters. The molecule has 2 heterocycles. The molecule has 3 heteroatoms. The smallest absolute Gasteiger partial charge is 0.0490 e. The average Bonchev–Trinajstić information content (AvgIpc) is 2.55. The summed E-state index contributed by atoms with van der Waals surface area (Å²) in [5, 5.41) is 10.4. The maximum absolute atomic E-state index is 3.98. The number of nitrogens with one attached hydrogen (secondary N) is 2. The highest BCUT2D eigenvalue weighted by Gasteiger charge is 2.35. The van der Waals surface area contributed by atoms with Crippen LogP contribution >= 0.6 is 0 Å². The summed E-state index contributed by atoms with van der Waals surface area (Å²) >= 11 is 0. The monoisotopic (exact) mass is 165 g/mol. The molecule has 1 aliphatic heterocycles. The van der Waals surface area contributed by atoms with Gasteiger partial charge in [0, 0.05) is 30.9 Å². The zero-order valence-corrected chi connectivity index (χ0v) is 7.59. The third kappa shape index (κ3) is 1.14. The van der Waals surface area contributed by atoms with E-state index in [2.05, 4.69) is 35.4 Å².